The maximum atomic E-state index is 9.51. The van der Waals surface area contributed by atoms with Gasteiger partial charge in [-0.15, -0.1) is 0 Å². The number of rotatable bonds is 6. The first-order chi connectivity index (χ1) is 9.22. The van der Waals surface area contributed by atoms with E-state index in [0.717, 1.165) is 31.0 Å². The van der Waals surface area contributed by atoms with Crippen LogP contribution in [0.5, 0.6) is 11.5 Å². The molecule has 1 fully saturated rings. The van der Waals surface area contributed by atoms with Gasteiger partial charge in [0.25, 0.3) is 0 Å². The van der Waals surface area contributed by atoms with E-state index >= 15 is 0 Å². The number of benzene rings is 1. The molecule has 1 aliphatic heterocycles. The van der Waals surface area contributed by atoms with Crippen LogP contribution in [0.25, 0.3) is 0 Å². The summed E-state index contributed by atoms with van der Waals surface area (Å²) in [5.41, 5.74) is 0. The van der Waals surface area contributed by atoms with Gasteiger partial charge < -0.3 is 19.5 Å². The van der Waals surface area contributed by atoms with Gasteiger partial charge in [-0.1, -0.05) is 0 Å². The fourth-order valence-corrected chi connectivity index (χ4v) is 2.57. The zero-order valence-electron chi connectivity index (χ0n) is 11.7. The average molecular weight is 265 g/mol. The highest BCUT2D eigenvalue weighted by Crippen LogP contribution is 2.24. The van der Waals surface area contributed by atoms with E-state index in [9.17, 15) is 5.11 Å². The second-order valence-electron chi connectivity index (χ2n) is 5.24. The predicted octanol–water partition coefficient (Wildman–Crippen LogP) is 1.63. The highest BCUT2D eigenvalue weighted by Gasteiger charge is 2.27. The lowest BCUT2D eigenvalue weighted by Crippen LogP contribution is -2.27. The zero-order chi connectivity index (χ0) is 13.7. The summed E-state index contributed by atoms with van der Waals surface area (Å²) < 4.78 is 10.9. The quantitative estimate of drug-likeness (QED) is 0.849. The van der Waals surface area contributed by atoms with Crippen LogP contribution < -0.4 is 9.47 Å². The van der Waals surface area contributed by atoms with Gasteiger partial charge in [0.1, 0.15) is 11.5 Å². The van der Waals surface area contributed by atoms with Crippen LogP contribution in [-0.2, 0) is 0 Å². The Morgan fingerprint density at radius 2 is 2.00 bits per heavy atom. The normalized spacial score (nSPS) is 21.3. The van der Waals surface area contributed by atoms with E-state index in [0.29, 0.717) is 12.5 Å². The Labute approximate surface area is 114 Å². The molecule has 1 heterocycles. The van der Waals surface area contributed by atoms with E-state index in [4.69, 9.17) is 9.47 Å². The number of hydrogen-bond acceptors (Lipinski definition) is 4. The lowest BCUT2D eigenvalue weighted by atomic mass is 9.93. The van der Waals surface area contributed by atoms with Crippen LogP contribution in [0.4, 0.5) is 0 Å². The second-order valence-corrected chi connectivity index (χ2v) is 5.24. The van der Waals surface area contributed by atoms with Crippen molar-refractivity contribution in [2.45, 2.75) is 6.42 Å². The van der Waals surface area contributed by atoms with Crippen LogP contribution in [-0.4, -0.2) is 50.5 Å². The standard InChI is InChI=1S/C15H23NO3/c1-16-8-7-12(9-16)13(10-17)11-19-15-5-3-14(18-2)4-6-15/h3-6,12-13,17H,7-11H2,1-2H3. The van der Waals surface area contributed by atoms with Crippen molar-refractivity contribution in [1.82, 2.24) is 4.90 Å². The summed E-state index contributed by atoms with van der Waals surface area (Å²) in [6.07, 6.45) is 1.15. The lowest BCUT2D eigenvalue weighted by molar-refractivity contribution is 0.120. The molecule has 4 nitrogen and oxygen atoms in total. The third-order valence-corrected chi connectivity index (χ3v) is 3.85. The summed E-state index contributed by atoms with van der Waals surface area (Å²) in [5.74, 6) is 2.40. The van der Waals surface area contributed by atoms with Gasteiger partial charge in [-0.25, -0.2) is 0 Å². The molecule has 1 aromatic rings. The zero-order valence-corrected chi connectivity index (χ0v) is 11.7. The Kier molecular flexibility index (Phi) is 5.05. The van der Waals surface area contributed by atoms with E-state index in [1.165, 1.54) is 0 Å². The molecule has 2 rings (SSSR count). The van der Waals surface area contributed by atoms with Crippen LogP contribution in [0.2, 0.25) is 0 Å². The number of ether oxygens (including phenoxy) is 2. The van der Waals surface area contributed by atoms with Crippen molar-refractivity contribution in [2.24, 2.45) is 11.8 Å². The summed E-state index contributed by atoms with van der Waals surface area (Å²) >= 11 is 0. The van der Waals surface area contributed by atoms with Crippen molar-refractivity contribution >= 4 is 0 Å². The highest BCUT2D eigenvalue weighted by molar-refractivity contribution is 5.31. The average Bonchev–Trinajstić information content (AvgIpc) is 2.87. The first-order valence-corrected chi connectivity index (χ1v) is 6.79. The number of nitrogens with zero attached hydrogens (tertiary/aromatic N) is 1. The maximum Gasteiger partial charge on any atom is 0.119 e. The van der Waals surface area contributed by atoms with Crippen LogP contribution in [0.1, 0.15) is 6.42 Å². The Morgan fingerprint density at radius 3 is 2.53 bits per heavy atom. The van der Waals surface area contributed by atoms with Crippen molar-refractivity contribution in [1.29, 1.82) is 0 Å². The van der Waals surface area contributed by atoms with Gasteiger partial charge in [0.05, 0.1) is 13.7 Å². The number of likely N-dealkylation sites (tertiary alicyclic amines) is 1. The van der Waals surface area contributed by atoms with Crippen LogP contribution in [0.15, 0.2) is 24.3 Å². The van der Waals surface area contributed by atoms with Crippen molar-refractivity contribution in [3.63, 3.8) is 0 Å². The molecule has 1 aromatic carbocycles. The van der Waals surface area contributed by atoms with E-state index < -0.39 is 0 Å². The van der Waals surface area contributed by atoms with E-state index in [2.05, 4.69) is 11.9 Å². The summed E-state index contributed by atoms with van der Waals surface area (Å²) in [6.45, 7) is 2.93. The molecule has 2 atom stereocenters. The molecular weight excluding hydrogens is 242 g/mol. The van der Waals surface area contributed by atoms with Gasteiger partial charge in [-0.2, -0.15) is 0 Å². The summed E-state index contributed by atoms with van der Waals surface area (Å²) in [5, 5.41) is 9.51. The van der Waals surface area contributed by atoms with E-state index in [-0.39, 0.29) is 12.5 Å². The summed E-state index contributed by atoms with van der Waals surface area (Å²) in [4.78, 5) is 2.31. The molecule has 4 heteroatoms. The molecule has 0 aromatic heterocycles. The molecule has 106 valence electrons. The van der Waals surface area contributed by atoms with Gasteiger partial charge in [-0.05, 0) is 50.2 Å². The summed E-state index contributed by atoms with van der Waals surface area (Å²) in [7, 11) is 3.77. The second kappa shape index (κ2) is 6.78. The predicted molar refractivity (Wildman–Crippen MR) is 74.7 cm³/mol. The van der Waals surface area contributed by atoms with Gasteiger partial charge in [0, 0.05) is 19.1 Å². The highest BCUT2D eigenvalue weighted by atomic mass is 16.5. The molecule has 0 saturated carbocycles. The topological polar surface area (TPSA) is 41.9 Å². The monoisotopic (exact) mass is 265 g/mol. The van der Waals surface area contributed by atoms with Crippen molar-refractivity contribution in [3.05, 3.63) is 24.3 Å². The molecule has 0 spiro atoms. The Hall–Kier alpha value is -1.26. The summed E-state index contributed by atoms with van der Waals surface area (Å²) in [6, 6.07) is 7.56. The number of aliphatic hydroxyl groups is 1. The fraction of sp³-hybridized carbons (Fsp3) is 0.600. The number of methoxy groups -OCH3 is 1. The van der Waals surface area contributed by atoms with Crippen molar-refractivity contribution in [2.75, 3.05) is 40.5 Å². The number of hydrogen-bond donors (Lipinski definition) is 1. The van der Waals surface area contributed by atoms with E-state index in [1.807, 2.05) is 24.3 Å². The van der Waals surface area contributed by atoms with Crippen LogP contribution in [0, 0.1) is 11.8 Å². The smallest absolute Gasteiger partial charge is 0.119 e. The van der Waals surface area contributed by atoms with Gasteiger partial charge in [0.15, 0.2) is 0 Å². The van der Waals surface area contributed by atoms with Crippen LogP contribution >= 0.6 is 0 Å². The third kappa shape index (κ3) is 3.85. The minimum absolute atomic E-state index is 0.189. The molecule has 0 aliphatic carbocycles. The van der Waals surface area contributed by atoms with Gasteiger partial charge >= 0.3 is 0 Å². The van der Waals surface area contributed by atoms with Crippen molar-refractivity contribution in [3.8, 4) is 11.5 Å². The first kappa shape index (κ1) is 14.2. The SMILES string of the molecule is COc1ccc(OCC(CO)C2CCN(C)C2)cc1. The van der Waals surface area contributed by atoms with E-state index in [1.54, 1.807) is 7.11 Å². The Bertz CT molecular complexity index is 379. The first-order valence-electron chi connectivity index (χ1n) is 6.79. The van der Waals surface area contributed by atoms with Gasteiger partial charge in [-0.3, -0.25) is 0 Å². The number of aliphatic hydroxyl groups excluding tert-OH is 1. The molecule has 19 heavy (non-hydrogen) atoms. The molecule has 0 bridgehead atoms. The van der Waals surface area contributed by atoms with Crippen LogP contribution in [0.3, 0.4) is 0 Å². The maximum absolute atomic E-state index is 9.51. The van der Waals surface area contributed by atoms with Gasteiger partial charge in [0.2, 0.25) is 0 Å². The molecule has 0 radical (unpaired) electrons. The minimum atomic E-state index is 0.189. The molecule has 1 saturated heterocycles. The largest absolute Gasteiger partial charge is 0.497 e. The Morgan fingerprint density at radius 1 is 1.32 bits per heavy atom. The molecule has 0 amide bonds. The molecule has 2 unspecified atom stereocenters. The minimum Gasteiger partial charge on any atom is -0.497 e. The fourth-order valence-electron chi connectivity index (χ4n) is 2.57. The van der Waals surface area contributed by atoms with Crippen molar-refractivity contribution < 1.29 is 14.6 Å². The third-order valence-electron chi connectivity index (χ3n) is 3.85. The molecular formula is C15H23NO3. The lowest BCUT2D eigenvalue weighted by Gasteiger charge is -2.21. The molecule has 1 aliphatic rings. The Balaban J connectivity index is 1.85. The molecule has 1 N–H and O–H groups in total.